The summed E-state index contributed by atoms with van der Waals surface area (Å²) in [6.07, 6.45) is 0.244. The summed E-state index contributed by atoms with van der Waals surface area (Å²) in [5, 5.41) is 3.49. The smallest absolute Gasteiger partial charge is 0.231 e. The number of rotatable bonds is 3. The lowest BCUT2D eigenvalue weighted by atomic mass is 10.1. The number of likely N-dealkylation sites (tertiary alicyclic amines) is 1. The molecule has 1 N–H and O–H groups in total. The first-order valence-corrected chi connectivity index (χ1v) is 8.82. The summed E-state index contributed by atoms with van der Waals surface area (Å²) in [6, 6.07) is 5.64. The predicted octanol–water partition coefficient (Wildman–Crippen LogP) is 0.983. The van der Waals surface area contributed by atoms with Gasteiger partial charge < -0.3 is 19.7 Å². The third kappa shape index (κ3) is 3.06. The zero-order valence-corrected chi connectivity index (χ0v) is 13.8. The van der Waals surface area contributed by atoms with E-state index in [2.05, 4.69) is 10.3 Å². The number of carbonyl (C=O) groups excluding carboxylic acids is 2. The van der Waals surface area contributed by atoms with Gasteiger partial charge in [0.2, 0.25) is 18.6 Å². The highest BCUT2D eigenvalue weighted by Gasteiger charge is 2.35. The van der Waals surface area contributed by atoms with Crippen molar-refractivity contribution in [3.8, 4) is 11.5 Å². The molecule has 3 heterocycles. The molecule has 0 bridgehead atoms. The highest BCUT2D eigenvalue weighted by molar-refractivity contribution is 8.14. The van der Waals surface area contributed by atoms with Crippen molar-refractivity contribution in [1.82, 2.24) is 10.2 Å². The number of fused-ring (bicyclic) bond motifs is 1. The molecular weight excluding hydrogens is 330 g/mol. The molecule has 3 aliphatic rings. The molecule has 0 aromatic heterocycles. The average Bonchev–Trinajstić information content (AvgIpc) is 3.29. The van der Waals surface area contributed by atoms with Crippen molar-refractivity contribution in [1.29, 1.82) is 0 Å². The minimum Gasteiger partial charge on any atom is -0.454 e. The van der Waals surface area contributed by atoms with Gasteiger partial charge in [-0.25, -0.2) is 0 Å². The Morgan fingerprint density at radius 3 is 3.08 bits per heavy atom. The monoisotopic (exact) mass is 347 g/mol. The third-order valence-corrected chi connectivity index (χ3v) is 5.10. The molecule has 1 saturated heterocycles. The van der Waals surface area contributed by atoms with Gasteiger partial charge in [-0.05, 0) is 17.7 Å². The van der Waals surface area contributed by atoms with Gasteiger partial charge in [-0.1, -0.05) is 17.8 Å². The lowest BCUT2D eigenvalue weighted by Gasteiger charge is -2.17. The Labute approximate surface area is 143 Å². The van der Waals surface area contributed by atoms with Crippen LogP contribution >= 0.6 is 11.8 Å². The Morgan fingerprint density at radius 1 is 1.38 bits per heavy atom. The molecule has 24 heavy (non-hydrogen) atoms. The molecule has 2 amide bonds. The molecule has 1 aromatic carbocycles. The number of amidine groups is 1. The van der Waals surface area contributed by atoms with Crippen molar-refractivity contribution < 1.29 is 19.1 Å². The fourth-order valence-corrected chi connectivity index (χ4v) is 3.71. The van der Waals surface area contributed by atoms with Gasteiger partial charge in [0.25, 0.3) is 0 Å². The van der Waals surface area contributed by atoms with E-state index in [9.17, 15) is 9.59 Å². The fourth-order valence-electron chi connectivity index (χ4n) is 2.98. The number of amides is 2. The van der Waals surface area contributed by atoms with Crippen LogP contribution in [0.5, 0.6) is 11.5 Å². The molecular formula is C16H17N3O4S. The van der Waals surface area contributed by atoms with E-state index in [1.54, 1.807) is 4.90 Å². The summed E-state index contributed by atoms with van der Waals surface area (Å²) in [5.74, 6) is 1.87. The van der Waals surface area contributed by atoms with E-state index in [4.69, 9.17) is 9.47 Å². The van der Waals surface area contributed by atoms with Gasteiger partial charge in [-0.15, -0.1) is 0 Å². The summed E-state index contributed by atoms with van der Waals surface area (Å²) in [7, 11) is 0. The van der Waals surface area contributed by atoms with E-state index < -0.39 is 0 Å². The van der Waals surface area contributed by atoms with Crippen molar-refractivity contribution in [3.05, 3.63) is 23.8 Å². The zero-order valence-electron chi connectivity index (χ0n) is 13.0. The number of carbonyl (C=O) groups is 2. The van der Waals surface area contributed by atoms with Gasteiger partial charge in [0.05, 0.1) is 12.5 Å². The molecule has 0 radical (unpaired) electrons. The molecule has 1 aromatic rings. The van der Waals surface area contributed by atoms with Crippen LogP contribution in [0.2, 0.25) is 0 Å². The Bertz CT molecular complexity index is 721. The van der Waals surface area contributed by atoms with Crippen LogP contribution in [0.15, 0.2) is 23.2 Å². The number of aliphatic imine (C=N–C) groups is 1. The van der Waals surface area contributed by atoms with Crippen molar-refractivity contribution in [2.24, 2.45) is 10.9 Å². The lowest BCUT2D eigenvalue weighted by Crippen LogP contribution is -2.35. The molecule has 0 saturated carbocycles. The topological polar surface area (TPSA) is 80.2 Å². The second kappa shape index (κ2) is 6.35. The van der Waals surface area contributed by atoms with Crippen LogP contribution in [0.3, 0.4) is 0 Å². The maximum Gasteiger partial charge on any atom is 0.231 e. The van der Waals surface area contributed by atoms with E-state index in [-0.39, 0.29) is 30.9 Å². The zero-order chi connectivity index (χ0) is 16.5. The molecule has 126 valence electrons. The van der Waals surface area contributed by atoms with Crippen LogP contribution in [0.25, 0.3) is 0 Å². The minimum absolute atomic E-state index is 0.00571. The largest absolute Gasteiger partial charge is 0.454 e. The van der Waals surface area contributed by atoms with Gasteiger partial charge >= 0.3 is 0 Å². The summed E-state index contributed by atoms with van der Waals surface area (Å²) >= 11 is 1.54. The molecule has 3 aliphatic heterocycles. The van der Waals surface area contributed by atoms with Crippen molar-refractivity contribution >= 4 is 28.7 Å². The molecule has 0 aliphatic carbocycles. The Balaban J connectivity index is 1.38. The maximum atomic E-state index is 12.3. The number of hydrogen-bond donors (Lipinski definition) is 1. The number of ether oxygens (including phenoxy) is 2. The van der Waals surface area contributed by atoms with Crippen LogP contribution in [-0.4, -0.2) is 47.5 Å². The van der Waals surface area contributed by atoms with Crippen LogP contribution in [-0.2, 0) is 16.1 Å². The average molecular weight is 347 g/mol. The Kier molecular flexibility index (Phi) is 4.05. The van der Waals surface area contributed by atoms with Gasteiger partial charge in [0.15, 0.2) is 16.7 Å². The third-order valence-electron chi connectivity index (χ3n) is 4.21. The second-order valence-electron chi connectivity index (χ2n) is 5.89. The maximum absolute atomic E-state index is 12.3. The highest BCUT2D eigenvalue weighted by Crippen LogP contribution is 2.33. The van der Waals surface area contributed by atoms with Crippen molar-refractivity contribution in [2.75, 3.05) is 25.6 Å². The molecule has 8 heteroatoms. The van der Waals surface area contributed by atoms with Gasteiger partial charge in [0.1, 0.15) is 0 Å². The number of benzene rings is 1. The van der Waals surface area contributed by atoms with Crippen molar-refractivity contribution in [2.45, 2.75) is 13.0 Å². The first-order valence-electron chi connectivity index (χ1n) is 7.83. The van der Waals surface area contributed by atoms with Gasteiger partial charge in [-0.2, -0.15) is 0 Å². The SMILES string of the molecule is O=C(NC1=NCCS1)C1CC(=O)N(Cc2ccc3c(c2)OCO3)C1. The molecule has 1 unspecified atom stereocenters. The first kappa shape index (κ1) is 15.3. The van der Waals surface area contributed by atoms with Crippen molar-refractivity contribution in [3.63, 3.8) is 0 Å². The van der Waals surface area contributed by atoms with E-state index in [0.29, 0.717) is 24.0 Å². The number of nitrogens with one attached hydrogen (secondary N) is 1. The summed E-state index contributed by atoms with van der Waals surface area (Å²) in [6.45, 7) is 1.86. The Morgan fingerprint density at radius 2 is 2.25 bits per heavy atom. The van der Waals surface area contributed by atoms with Crippen LogP contribution in [0.1, 0.15) is 12.0 Å². The fraction of sp³-hybridized carbons (Fsp3) is 0.438. The second-order valence-corrected chi connectivity index (χ2v) is 6.97. The summed E-state index contributed by atoms with van der Waals surface area (Å²) in [4.78, 5) is 30.4. The highest BCUT2D eigenvalue weighted by atomic mass is 32.2. The molecule has 4 rings (SSSR count). The quantitative estimate of drug-likeness (QED) is 0.882. The summed E-state index contributed by atoms with van der Waals surface area (Å²) in [5.41, 5.74) is 0.962. The predicted molar refractivity (Wildman–Crippen MR) is 89.0 cm³/mol. The minimum atomic E-state index is -0.324. The normalized spacial score (nSPS) is 22.0. The van der Waals surface area contributed by atoms with E-state index in [1.165, 1.54) is 11.8 Å². The van der Waals surface area contributed by atoms with Gasteiger partial charge in [0, 0.05) is 25.3 Å². The Hall–Kier alpha value is -2.22. The van der Waals surface area contributed by atoms with Crippen LogP contribution in [0.4, 0.5) is 0 Å². The molecule has 1 atom stereocenters. The molecule has 0 spiro atoms. The van der Waals surface area contributed by atoms with Gasteiger partial charge in [-0.3, -0.25) is 14.6 Å². The lowest BCUT2D eigenvalue weighted by molar-refractivity contribution is -0.129. The molecule has 1 fully saturated rings. The standard InChI is InChI=1S/C16H17N3O4S/c20-14-6-11(15(21)18-16-17-3-4-24-16)8-19(14)7-10-1-2-12-13(5-10)23-9-22-12/h1-2,5,11H,3-4,6-9H2,(H,17,18,21). The number of thioether (sulfide) groups is 1. The van der Waals surface area contributed by atoms with Crippen LogP contribution < -0.4 is 14.8 Å². The number of nitrogens with zero attached hydrogens (tertiary/aromatic N) is 2. The summed E-state index contributed by atoms with van der Waals surface area (Å²) < 4.78 is 10.6. The van der Waals surface area contributed by atoms with E-state index in [1.807, 2.05) is 18.2 Å². The van der Waals surface area contributed by atoms with E-state index in [0.717, 1.165) is 23.6 Å². The van der Waals surface area contributed by atoms with E-state index >= 15 is 0 Å². The van der Waals surface area contributed by atoms with Crippen LogP contribution in [0, 0.1) is 5.92 Å². The first-order chi connectivity index (χ1) is 11.7. The molecule has 7 nitrogen and oxygen atoms in total. The number of hydrogen-bond acceptors (Lipinski definition) is 6.